The molecule has 0 fully saturated rings. The number of amides is 2. The highest BCUT2D eigenvalue weighted by Gasteiger charge is 2.26. The summed E-state index contributed by atoms with van der Waals surface area (Å²) in [6.45, 7) is 4.13. The Morgan fingerprint density at radius 1 is 1.07 bits per heavy atom. The minimum Gasteiger partial charge on any atom is -0.497 e. The van der Waals surface area contributed by atoms with E-state index in [1.807, 2.05) is 19.1 Å². The fraction of sp³-hybridized carbons (Fsp3) is 0.333. The highest BCUT2D eigenvalue weighted by atomic mass is 35.5. The van der Waals surface area contributed by atoms with Crippen LogP contribution in [0.25, 0.3) is 0 Å². The van der Waals surface area contributed by atoms with Gasteiger partial charge in [-0.25, -0.2) is 0 Å². The molecule has 6 nitrogen and oxygen atoms in total. The summed E-state index contributed by atoms with van der Waals surface area (Å²) in [5, 5.41) is 3.37. The molecule has 0 radical (unpaired) electrons. The summed E-state index contributed by atoms with van der Waals surface area (Å²) >= 11 is 5.93. The molecule has 7 heteroatoms. The minimum atomic E-state index is -0.636. The Labute approximate surface area is 170 Å². The SMILES string of the molecule is CCNC(=O)C(C)N(Cc1ccc(Cl)cc1)C(=O)COc1ccc(OC)cc1. The topological polar surface area (TPSA) is 67.9 Å². The number of halogens is 1. The third kappa shape index (κ3) is 6.16. The number of rotatable bonds is 9. The van der Waals surface area contributed by atoms with Gasteiger partial charge in [0, 0.05) is 18.1 Å². The molecule has 1 unspecified atom stereocenters. The van der Waals surface area contributed by atoms with Gasteiger partial charge < -0.3 is 19.7 Å². The van der Waals surface area contributed by atoms with E-state index in [2.05, 4.69) is 5.32 Å². The predicted molar refractivity (Wildman–Crippen MR) is 109 cm³/mol. The van der Waals surface area contributed by atoms with Crippen molar-refractivity contribution in [2.45, 2.75) is 26.4 Å². The first-order valence-corrected chi connectivity index (χ1v) is 9.40. The van der Waals surface area contributed by atoms with Gasteiger partial charge in [0.2, 0.25) is 5.91 Å². The van der Waals surface area contributed by atoms with Crippen molar-refractivity contribution in [1.82, 2.24) is 10.2 Å². The molecule has 2 aromatic carbocycles. The number of benzene rings is 2. The van der Waals surface area contributed by atoms with Crippen LogP contribution in [0.3, 0.4) is 0 Å². The number of likely N-dealkylation sites (N-methyl/N-ethyl adjacent to an activating group) is 1. The van der Waals surface area contributed by atoms with Crippen molar-refractivity contribution in [2.24, 2.45) is 0 Å². The number of carbonyl (C=O) groups excluding carboxylic acids is 2. The molecule has 0 saturated heterocycles. The van der Waals surface area contributed by atoms with Gasteiger partial charge in [0.1, 0.15) is 17.5 Å². The summed E-state index contributed by atoms with van der Waals surface area (Å²) in [5.41, 5.74) is 0.873. The van der Waals surface area contributed by atoms with Gasteiger partial charge in [0.25, 0.3) is 5.91 Å². The average molecular weight is 405 g/mol. The van der Waals surface area contributed by atoms with Gasteiger partial charge in [0.15, 0.2) is 6.61 Å². The molecule has 0 aliphatic heterocycles. The Hall–Kier alpha value is -2.73. The van der Waals surface area contributed by atoms with Crippen molar-refractivity contribution in [2.75, 3.05) is 20.3 Å². The molecular weight excluding hydrogens is 380 g/mol. The number of nitrogens with zero attached hydrogens (tertiary/aromatic N) is 1. The van der Waals surface area contributed by atoms with E-state index in [0.29, 0.717) is 23.1 Å². The van der Waals surface area contributed by atoms with Crippen molar-refractivity contribution >= 4 is 23.4 Å². The largest absolute Gasteiger partial charge is 0.497 e. The van der Waals surface area contributed by atoms with E-state index in [4.69, 9.17) is 21.1 Å². The van der Waals surface area contributed by atoms with Gasteiger partial charge in [-0.1, -0.05) is 23.7 Å². The number of hydrogen-bond donors (Lipinski definition) is 1. The van der Waals surface area contributed by atoms with Crippen molar-refractivity contribution in [3.8, 4) is 11.5 Å². The third-order valence-corrected chi connectivity index (χ3v) is 4.46. The lowest BCUT2D eigenvalue weighted by Crippen LogP contribution is -2.49. The maximum atomic E-state index is 12.8. The summed E-state index contributed by atoms with van der Waals surface area (Å²) in [6, 6.07) is 13.5. The number of nitrogens with one attached hydrogen (secondary N) is 1. The normalized spacial score (nSPS) is 11.4. The van der Waals surface area contributed by atoms with E-state index in [1.54, 1.807) is 50.4 Å². The monoisotopic (exact) mass is 404 g/mol. The molecule has 0 saturated carbocycles. The van der Waals surface area contributed by atoms with Crippen LogP contribution >= 0.6 is 11.6 Å². The van der Waals surface area contributed by atoms with E-state index in [1.165, 1.54) is 4.90 Å². The molecule has 2 rings (SSSR count). The van der Waals surface area contributed by atoms with Crippen LogP contribution in [0.1, 0.15) is 19.4 Å². The second-order valence-electron chi connectivity index (χ2n) is 6.18. The van der Waals surface area contributed by atoms with Crippen LogP contribution in [0.5, 0.6) is 11.5 Å². The predicted octanol–water partition coefficient (Wildman–Crippen LogP) is 3.28. The van der Waals surface area contributed by atoms with Gasteiger partial charge in [-0.3, -0.25) is 9.59 Å². The number of hydrogen-bond acceptors (Lipinski definition) is 4. The minimum absolute atomic E-state index is 0.177. The van der Waals surface area contributed by atoms with Gasteiger partial charge in [-0.15, -0.1) is 0 Å². The molecule has 1 atom stereocenters. The molecule has 2 aromatic rings. The third-order valence-electron chi connectivity index (χ3n) is 4.21. The molecule has 0 bridgehead atoms. The van der Waals surface area contributed by atoms with E-state index >= 15 is 0 Å². The van der Waals surface area contributed by atoms with Gasteiger partial charge >= 0.3 is 0 Å². The molecule has 0 spiro atoms. The van der Waals surface area contributed by atoms with Gasteiger partial charge in [-0.2, -0.15) is 0 Å². The van der Waals surface area contributed by atoms with Crippen LogP contribution in [0, 0.1) is 0 Å². The number of methoxy groups -OCH3 is 1. The first-order valence-electron chi connectivity index (χ1n) is 9.03. The maximum Gasteiger partial charge on any atom is 0.261 e. The summed E-state index contributed by atoms with van der Waals surface area (Å²) in [5.74, 6) is 0.748. The quantitative estimate of drug-likeness (QED) is 0.696. The standard InChI is InChI=1S/C21H25ClN2O4/c1-4-23-21(26)15(2)24(13-16-5-7-17(22)8-6-16)20(25)14-28-19-11-9-18(27-3)10-12-19/h5-12,15H,4,13-14H2,1-3H3,(H,23,26). The Morgan fingerprint density at radius 2 is 1.68 bits per heavy atom. The van der Waals surface area contributed by atoms with Crippen LogP contribution in [0.2, 0.25) is 5.02 Å². The van der Waals surface area contributed by atoms with Crippen LogP contribution < -0.4 is 14.8 Å². The zero-order valence-electron chi connectivity index (χ0n) is 16.3. The first kappa shape index (κ1) is 21.6. The molecular formula is C21H25ClN2O4. The fourth-order valence-corrected chi connectivity index (χ4v) is 2.72. The van der Waals surface area contributed by atoms with Gasteiger partial charge in [-0.05, 0) is 55.8 Å². The smallest absolute Gasteiger partial charge is 0.261 e. The lowest BCUT2D eigenvalue weighted by Gasteiger charge is -2.28. The average Bonchev–Trinajstić information content (AvgIpc) is 2.71. The zero-order valence-corrected chi connectivity index (χ0v) is 17.0. The molecule has 0 heterocycles. The molecule has 1 N–H and O–H groups in total. The van der Waals surface area contributed by atoms with E-state index in [-0.39, 0.29) is 25.0 Å². The van der Waals surface area contributed by atoms with Gasteiger partial charge in [0.05, 0.1) is 7.11 Å². The lowest BCUT2D eigenvalue weighted by molar-refractivity contribution is -0.142. The maximum absolute atomic E-state index is 12.8. The second kappa shape index (κ2) is 10.6. The van der Waals surface area contributed by atoms with Crippen molar-refractivity contribution in [3.05, 3.63) is 59.1 Å². The Morgan fingerprint density at radius 3 is 2.25 bits per heavy atom. The highest BCUT2D eigenvalue weighted by Crippen LogP contribution is 2.18. The zero-order chi connectivity index (χ0) is 20.5. The summed E-state index contributed by atoms with van der Waals surface area (Å²) in [4.78, 5) is 26.6. The number of ether oxygens (including phenoxy) is 2. The fourth-order valence-electron chi connectivity index (χ4n) is 2.59. The summed E-state index contributed by atoms with van der Waals surface area (Å²) < 4.78 is 10.7. The van der Waals surface area contributed by atoms with Crippen LogP contribution in [-0.4, -0.2) is 43.0 Å². The van der Waals surface area contributed by atoms with E-state index in [0.717, 1.165) is 5.56 Å². The highest BCUT2D eigenvalue weighted by molar-refractivity contribution is 6.30. The first-order chi connectivity index (χ1) is 13.4. The Kier molecular flexibility index (Phi) is 8.14. The van der Waals surface area contributed by atoms with E-state index < -0.39 is 6.04 Å². The van der Waals surface area contributed by atoms with Crippen molar-refractivity contribution in [3.63, 3.8) is 0 Å². The van der Waals surface area contributed by atoms with Crippen LogP contribution in [-0.2, 0) is 16.1 Å². The Bertz CT molecular complexity index is 778. The van der Waals surface area contributed by atoms with Crippen LogP contribution in [0.15, 0.2) is 48.5 Å². The summed E-state index contributed by atoms with van der Waals surface area (Å²) in [6.07, 6.45) is 0. The molecule has 0 aromatic heterocycles. The Balaban J connectivity index is 2.10. The van der Waals surface area contributed by atoms with Crippen LogP contribution in [0.4, 0.5) is 0 Å². The molecule has 0 aliphatic carbocycles. The summed E-state index contributed by atoms with van der Waals surface area (Å²) in [7, 11) is 1.58. The van der Waals surface area contributed by atoms with Crippen molar-refractivity contribution < 1.29 is 19.1 Å². The number of carbonyl (C=O) groups is 2. The second-order valence-corrected chi connectivity index (χ2v) is 6.62. The molecule has 150 valence electrons. The van der Waals surface area contributed by atoms with E-state index in [9.17, 15) is 9.59 Å². The molecule has 28 heavy (non-hydrogen) atoms. The lowest BCUT2D eigenvalue weighted by atomic mass is 10.1. The molecule has 0 aliphatic rings. The molecule has 2 amide bonds. The van der Waals surface area contributed by atoms with Crippen molar-refractivity contribution in [1.29, 1.82) is 0 Å².